The van der Waals surface area contributed by atoms with E-state index in [-0.39, 0.29) is 11.7 Å². The van der Waals surface area contributed by atoms with Crippen molar-refractivity contribution in [3.05, 3.63) is 65.0 Å². The number of carbonyl (C=O) groups excluding carboxylic acids is 1. The molecule has 3 nitrogen and oxygen atoms in total. The lowest BCUT2D eigenvalue weighted by molar-refractivity contribution is 0.0796. The van der Waals surface area contributed by atoms with E-state index in [2.05, 4.69) is 0 Å². The molecule has 0 spiro atoms. The Morgan fingerprint density at radius 1 is 1.17 bits per heavy atom. The van der Waals surface area contributed by atoms with Crippen molar-refractivity contribution in [2.45, 2.75) is 20.3 Å². The highest BCUT2D eigenvalue weighted by Crippen LogP contribution is 2.20. The summed E-state index contributed by atoms with van der Waals surface area (Å²) in [4.78, 5) is 14.1. The quantitative estimate of drug-likeness (QED) is 0.810. The Morgan fingerprint density at radius 2 is 1.87 bits per heavy atom. The number of rotatable bonds is 6. The first-order chi connectivity index (χ1) is 11.0. The van der Waals surface area contributed by atoms with Crippen LogP contribution in [0.3, 0.4) is 0 Å². The molecule has 0 aliphatic rings. The Morgan fingerprint density at radius 3 is 2.48 bits per heavy atom. The van der Waals surface area contributed by atoms with Crippen LogP contribution in [-0.4, -0.2) is 31.0 Å². The third kappa shape index (κ3) is 4.55. The van der Waals surface area contributed by atoms with E-state index in [1.165, 1.54) is 12.1 Å². The topological polar surface area (TPSA) is 29.5 Å². The fourth-order valence-corrected chi connectivity index (χ4v) is 2.37. The van der Waals surface area contributed by atoms with Crippen LogP contribution in [0, 0.1) is 12.7 Å². The van der Waals surface area contributed by atoms with Crippen LogP contribution < -0.4 is 4.74 Å². The van der Waals surface area contributed by atoms with Gasteiger partial charge in [-0.3, -0.25) is 4.79 Å². The lowest BCUT2D eigenvalue weighted by Gasteiger charge is -2.18. The van der Waals surface area contributed by atoms with E-state index in [1.807, 2.05) is 26.0 Å². The summed E-state index contributed by atoms with van der Waals surface area (Å²) in [6.45, 7) is 5.05. The number of ether oxygens (including phenoxy) is 1. The molecule has 2 aromatic carbocycles. The van der Waals surface area contributed by atoms with Gasteiger partial charge in [0.1, 0.15) is 11.6 Å². The number of aryl methyl sites for hydroxylation is 1. The van der Waals surface area contributed by atoms with E-state index < -0.39 is 0 Å². The molecule has 0 aliphatic carbocycles. The van der Waals surface area contributed by atoms with Crippen molar-refractivity contribution in [2.75, 3.05) is 20.2 Å². The van der Waals surface area contributed by atoms with E-state index in [1.54, 1.807) is 30.1 Å². The van der Waals surface area contributed by atoms with E-state index in [9.17, 15) is 9.18 Å². The first-order valence-electron chi connectivity index (χ1n) is 7.74. The van der Waals surface area contributed by atoms with Crippen LogP contribution in [0.2, 0.25) is 0 Å². The molecule has 0 bridgehead atoms. The second-order valence-corrected chi connectivity index (χ2v) is 5.52. The maximum atomic E-state index is 12.9. The molecular formula is C19H22FNO2. The van der Waals surface area contributed by atoms with Gasteiger partial charge in [-0.1, -0.05) is 12.1 Å². The molecule has 2 aromatic rings. The highest BCUT2D eigenvalue weighted by Gasteiger charge is 2.13. The van der Waals surface area contributed by atoms with E-state index in [4.69, 9.17) is 4.74 Å². The summed E-state index contributed by atoms with van der Waals surface area (Å²) in [5.41, 5.74) is 2.60. The molecule has 0 saturated heterocycles. The summed E-state index contributed by atoms with van der Waals surface area (Å²) >= 11 is 0. The van der Waals surface area contributed by atoms with Gasteiger partial charge < -0.3 is 9.64 Å². The zero-order valence-corrected chi connectivity index (χ0v) is 13.8. The molecule has 0 N–H and O–H groups in total. The summed E-state index contributed by atoms with van der Waals surface area (Å²) in [6.07, 6.45) is 0.693. The molecule has 0 heterocycles. The number of hydrogen-bond donors (Lipinski definition) is 0. The predicted molar refractivity (Wildman–Crippen MR) is 89.4 cm³/mol. The maximum absolute atomic E-state index is 12.9. The lowest BCUT2D eigenvalue weighted by atomic mass is 10.1. The zero-order chi connectivity index (χ0) is 16.8. The Kier molecular flexibility index (Phi) is 5.74. The number of carbonyl (C=O) groups is 1. The van der Waals surface area contributed by atoms with E-state index in [0.717, 1.165) is 16.9 Å². The van der Waals surface area contributed by atoms with Crippen LogP contribution in [0.15, 0.2) is 42.5 Å². The van der Waals surface area contributed by atoms with Gasteiger partial charge in [-0.25, -0.2) is 4.39 Å². The standard InChI is InChI=1S/C19H22FNO2/c1-4-23-18-10-7-16(13-14(18)2)19(22)21(3)12-11-15-5-8-17(20)9-6-15/h5-10,13H,4,11-12H2,1-3H3. The van der Waals surface area contributed by atoms with Gasteiger partial charge in [0.2, 0.25) is 0 Å². The number of likely N-dealkylation sites (N-methyl/N-ethyl adjacent to an activating group) is 1. The Bertz CT molecular complexity index is 668. The van der Waals surface area contributed by atoms with Gasteiger partial charge in [0.15, 0.2) is 0 Å². The van der Waals surface area contributed by atoms with Crippen molar-refractivity contribution in [3.8, 4) is 5.75 Å². The van der Waals surface area contributed by atoms with Gasteiger partial charge in [-0.2, -0.15) is 0 Å². The highest BCUT2D eigenvalue weighted by molar-refractivity contribution is 5.94. The summed E-state index contributed by atoms with van der Waals surface area (Å²) in [5.74, 6) is 0.527. The van der Waals surface area contributed by atoms with Gasteiger partial charge >= 0.3 is 0 Å². The average molecular weight is 315 g/mol. The minimum Gasteiger partial charge on any atom is -0.494 e. The van der Waals surface area contributed by atoms with Crippen molar-refractivity contribution in [1.29, 1.82) is 0 Å². The summed E-state index contributed by atoms with van der Waals surface area (Å²) in [7, 11) is 1.78. The Labute approximate surface area is 136 Å². The molecule has 122 valence electrons. The van der Waals surface area contributed by atoms with Crippen molar-refractivity contribution in [3.63, 3.8) is 0 Å². The van der Waals surface area contributed by atoms with Gasteiger partial charge in [0.25, 0.3) is 5.91 Å². The molecule has 0 fully saturated rings. The fourth-order valence-electron chi connectivity index (χ4n) is 2.37. The van der Waals surface area contributed by atoms with Crippen molar-refractivity contribution in [1.82, 2.24) is 4.90 Å². The van der Waals surface area contributed by atoms with Gasteiger partial charge in [-0.05, 0) is 61.7 Å². The maximum Gasteiger partial charge on any atom is 0.253 e. The van der Waals surface area contributed by atoms with E-state index >= 15 is 0 Å². The van der Waals surface area contributed by atoms with E-state index in [0.29, 0.717) is 25.1 Å². The molecule has 2 rings (SSSR count). The number of benzene rings is 2. The van der Waals surface area contributed by atoms with Crippen LogP contribution in [0.5, 0.6) is 5.75 Å². The number of nitrogens with zero attached hydrogens (tertiary/aromatic N) is 1. The summed E-state index contributed by atoms with van der Waals surface area (Å²) in [5, 5.41) is 0. The van der Waals surface area contributed by atoms with Crippen LogP contribution in [0.1, 0.15) is 28.4 Å². The highest BCUT2D eigenvalue weighted by atomic mass is 19.1. The minimum absolute atomic E-state index is 0.0294. The molecule has 0 unspecified atom stereocenters. The van der Waals surface area contributed by atoms with Crippen molar-refractivity contribution >= 4 is 5.91 Å². The third-order valence-electron chi connectivity index (χ3n) is 3.72. The first kappa shape index (κ1) is 17.0. The number of amides is 1. The fraction of sp³-hybridized carbons (Fsp3) is 0.316. The second kappa shape index (κ2) is 7.77. The predicted octanol–water partition coefficient (Wildman–Crippen LogP) is 3.85. The van der Waals surface area contributed by atoms with Crippen LogP contribution >= 0.6 is 0 Å². The smallest absolute Gasteiger partial charge is 0.253 e. The molecule has 0 saturated carbocycles. The molecule has 1 amide bonds. The average Bonchev–Trinajstić information content (AvgIpc) is 2.55. The molecular weight excluding hydrogens is 293 g/mol. The largest absolute Gasteiger partial charge is 0.494 e. The molecule has 0 aromatic heterocycles. The van der Waals surface area contributed by atoms with Crippen molar-refractivity contribution < 1.29 is 13.9 Å². The van der Waals surface area contributed by atoms with Crippen LogP contribution in [0.25, 0.3) is 0 Å². The normalized spacial score (nSPS) is 10.4. The second-order valence-electron chi connectivity index (χ2n) is 5.52. The minimum atomic E-state index is -0.247. The molecule has 0 aliphatic heterocycles. The Balaban J connectivity index is 1.99. The number of hydrogen-bond acceptors (Lipinski definition) is 2. The SMILES string of the molecule is CCOc1ccc(C(=O)N(C)CCc2ccc(F)cc2)cc1C. The summed E-state index contributed by atoms with van der Waals surface area (Å²) in [6, 6.07) is 11.8. The number of halogens is 1. The monoisotopic (exact) mass is 315 g/mol. The molecule has 4 heteroatoms. The zero-order valence-electron chi connectivity index (χ0n) is 13.8. The first-order valence-corrected chi connectivity index (χ1v) is 7.74. The van der Waals surface area contributed by atoms with Gasteiger partial charge in [-0.15, -0.1) is 0 Å². The van der Waals surface area contributed by atoms with Crippen LogP contribution in [0.4, 0.5) is 4.39 Å². The molecule has 23 heavy (non-hydrogen) atoms. The summed E-state index contributed by atoms with van der Waals surface area (Å²) < 4.78 is 18.4. The Hall–Kier alpha value is -2.36. The molecule has 0 radical (unpaired) electrons. The third-order valence-corrected chi connectivity index (χ3v) is 3.72. The molecule has 0 atom stereocenters. The van der Waals surface area contributed by atoms with Gasteiger partial charge in [0, 0.05) is 19.2 Å². The van der Waals surface area contributed by atoms with Gasteiger partial charge in [0.05, 0.1) is 6.61 Å². The lowest BCUT2D eigenvalue weighted by Crippen LogP contribution is -2.28. The van der Waals surface area contributed by atoms with Crippen LogP contribution in [-0.2, 0) is 6.42 Å². The van der Waals surface area contributed by atoms with Crippen molar-refractivity contribution in [2.24, 2.45) is 0 Å².